The maximum Gasteiger partial charge on any atom is 0.227 e. The highest BCUT2D eigenvalue weighted by molar-refractivity contribution is 5.89. The van der Waals surface area contributed by atoms with Gasteiger partial charge in [-0.25, -0.2) is 9.50 Å². The third-order valence-corrected chi connectivity index (χ3v) is 4.92. The molecule has 0 radical (unpaired) electrons. The van der Waals surface area contributed by atoms with Gasteiger partial charge in [0, 0.05) is 19.0 Å². The largest absolute Gasteiger partial charge is 0.313 e. The number of hydrogen-bond donors (Lipinski definition) is 1. The molecule has 1 N–H and O–H groups in total. The van der Waals surface area contributed by atoms with Gasteiger partial charge in [-0.3, -0.25) is 10.1 Å². The van der Waals surface area contributed by atoms with Crippen LogP contribution in [0.4, 0.5) is 5.95 Å². The summed E-state index contributed by atoms with van der Waals surface area (Å²) in [5, 5.41) is 15.3. The van der Waals surface area contributed by atoms with E-state index in [0.717, 1.165) is 33.7 Å². The van der Waals surface area contributed by atoms with Crippen LogP contribution in [0.5, 0.6) is 0 Å². The van der Waals surface area contributed by atoms with Crippen molar-refractivity contribution in [2.45, 2.75) is 26.7 Å². The predicted octanol–water partition coefficient (Wildman–Crippen LogP) is 2.71. The molecule has 0 aliphatic carbocycles. The normalized spacial score (nSPS) is 11.1. The molecule has 4 rings (SSSR count). The molecule has 1 amide bonds. The smallest absolute Gasteiger partial charge is 0.227 e. The van der Waals surface area contributed by atoms with Gasteiger partial charge in [0.1, 0.15) is 6.33 Å². The average molecular weight is 375 g/mol. The first-order chi connectivity index (χ1) is 13.5. The van der Waals surface area contributed by atoms with Gasteiger partial charge < -0.3 is 4.57 Å². The lowest BCUT2D eigenvalue weighted by Crippen LogP contribution is -2.16. The highest BCUT2D eigenvalue weighted by atomic mass is 16.1. The number of nitrogens with zero attached hydrogens (tertiary/aromatic N) is 6. The first kappa shape index (κ1) is 17.8. The number of amides is 1. The lowest BCUT2D eigenvalue weighted by molar-refractivity contribution is -0.116. The Hall–Kier alpha value is -3.55. The number of aromatic nitrogens is 6. The number of imidazole rings is 1. The second kappa shape index (κ2) is 7.22. The van der Waals surface area contributed by atoms with Crippen LogP contribution in [0.2, 0.25) is 0 Å². The Labute approximate surface area is 162 Å². The third-order valence-electron chi connectivity index (χ3n) is 4.92. The summed E-state index contributed by atoms with van der Waals surface area (Å²) < 4.78 is 3.54. The third kappa shape index (κ3) is 3.24. The van der Waals surface area contributed by atoms with Crippen LogP contribution < -0.4 is 5.32 Å². The molecule has 0 aliphatic rings. The second-order valence-electron chi connectivity index (χ2n) is 6.73. The zero-order valence-corrected chi connectivity index (χ0v) is 16.0. The maximum atomic E-state index is 12.5. The zero-order valence-electron chi connectivity index (χ0n) is 16.0. The molecule has 0 atom stereocenters. The van der Waals surface area contributed by atoms with Gasteiger partial charge in [-0.15, -0.1) is 10.2 Å². The van der Waals surface area contributed by atoms with Crippen LogP contribution in [-0.4, -0.2) is 35.3 Å². The number of rotatable bonds is 5. The molecule has 1 aromatic carbocycles. The average Bonchev–Trinajstić information content (AvgIpc) is 3.29. The van der Waals surface area contributed by atoms with E-state index in [9.17, 15) is 4.79 Å². The van der Waals surface area contributed by atoms with Gasteiger partial charge in [-0.2, -0.15) is 5.10 Å². The molecular formula is C20H21N7O. The molecule has 0 unspecified atom stereocenters. The van der Waals surface area contributed by atoms with Crippen LogP contribution in [0.1, 0.15) is 23.2 Å². The van der Waals surface area contributed by atoms with Gasteiger partial charge in [0.15, 0.2) is 5.65 Å². The van der Waals surface area contributed by atoms with Crippen molar-refractivity contribution in [2.24, 2.45) is 7.05 Å². The van der Waals surface area contributed by atoms with Crippen molar-refractivity contribution in [3.05, 3.63) is 59.7 Å². The summed E-state index contributed by atoms with van der Waals surface area (Å²) in [6, 6.07) is 9.96. The quantitative estimate of drug-likeness (QED) is 0.579. The fourth-order valence-electron chi connectivity index (χ4n) is 3.38. The molecule has 0 bridgehead atoms. The standard InChI is InChI=1S/C20H21N7O/c1-13-16(14(2)25-27-12-22-24-19(13)27)9-10-18(28)23-20-21-11-17(26(20)3)15-7-5-4-6-8-15/h4-8,11-12H,9-10H2,1-3H3,(H,21,23,28). The van der Waals surface area contributed by atoms with Crippen molar-refractivity contribution in [1.82, 2.24) is 29.4 Å². The van der Waals surface area contributed by atoms with Crippen LogP contribution in [-0.2, 0) is 18.3 Å². The monoisotopic (exact) mass is 375 g/mol. The SMILES string of the molecule is Cc1nn2cnnc2c(C)c1CCC(=O)Nc1ncc(-c2ccccc2)n1C. The summed E-state index contributed by atoms with van der Waals surface area (Å²) in [7, 11) is 1.89. The topological polar surface area (TPSA) is 90.0 Å². The lowest BCUT2D eigenvalue weighted by atomic mass is 10.0. The van der Waals surface area contributed by atoms with Gasteiger partial charge in [0.2, 0.25) is 11.9 Å². The van der Waals surface area contributed by atoms with E-state index in [1.165, 1.54) is 0 Å². The van der Waals surface area contributed by atoms with E-state index in [-0.39, 0.29) is 5.91 Å². The van der Waals surface area contributed by atoms with E-state index in [0.29, 0.717) is 18.8 Å². The number of hydrogen-bond acceptors (Lipinski definition) is 5. The number of aryl methyl sites for hydroxylation is 2. The van der Waals surface area contributed by atoms with Crippen molar-refractivity contribution in [2.75, 3.05) is 5.32 Å². The Kier molecular flexibility index (Phi) is 4.60. The van der Waals surface area contributed by atoms with Crippen molar-refractivity contribution in [1.29, 1.82) is 0 Å². The summed E-state index contributed by atoms with van der Waals surface area (Å²) in [4.78, 5) is 16.9. The highest BCUT2D eigenvalue weighted by Gasteiger charge is 2.15. The van der Waals surface area contributed by atoms with Crippen molar-refractivity contribution >= 4 is 17.5 Å². The van der Waals surface area contributed by atoms with Crippen LogP contribution in [0.25, 0.3) is 16.9 Å². The summed E-state index contributed by atoms with van der Waals surface area (Å²) in [5.74, 6) is 0.441. The van der Waals surface area contributed by atoms with E-state index in [2.05, 4.69) is 25.6 Å². The molecule has 0 spiro atoms. The second-order valence-corrected chi connectivity index (χ2v) is 6.73. The number of carbonyl (C=O) groups is 1. The van der Waals surface area contributed by atoms with Crippen molar-refractivity contribution < 1.29 is 4.79 Å². The van der Waals surface area contributed by atoms with Crippen LogP contribution in [0.15, 0.2) is 42.9 Å². The number of nitrogens with one attached hydrogen (secondary N) is 1. The Morgan fingerprint density at radius 2 is 1.96 bits per heavy atom. The summed E-state index contributed by atoms with van der Waals surface area (Å²) in [6.45, 7) is 3.92. The fourth-order valence-corrected chi connectivity index (χ4v) is 3.38. The minimum Gasteiger partial charge on any atom is -0.313 e. The summed E-state index contributed by atoms with van der Waals surface area (Å²) in [6.07, 6.45) is 4.26. The number of carbonyl (C=O) groups excluding carboxylic acids is 1. The Balaban J connectivity index is 1.47. The molecule has 8 heteroatoms. The number of anilines is 1. The minimum atomic E-state index is -0.0894. The predicted molar refractivity (Wildman–Crippen MR) is 106 cm³/mol. The molecular weight excluding hydrogens is 354 g/mol. The molecule has 0 saturated carbocycles. The molecule has 3 aromatic heterocycles. The Morgan fingerprint density at radius 1 is 1.18 bits per heavy atom. The molecule has 8 nitrogen and oxygen atoms in total. The maximum absolute atomic E-state index is 12.5. The Bertz CT molecular complexity index is 1140. The van der Waals surface area contributed by atoms with Gasteiger partial charge >= 0.3 is 0 Å². The minimum absolute atomic E-state index is 0.0894. The van der Waals surface area contributed by atoms with Gasteiger partial charge in [0.25, 0.3) is 0 Å². The first-order valence-electron chi connectivity index (χ1n) is 9.07. The number of benzene rings is 1. The molecule has 0 aliphatic heterocycles. The summed E-state index contributed by atoms with van der Waals surface area (Å²) in [5.41, 5.74) is 5.63. The zero-order chi connectivity index (χ0) is 19.7. The van der Waals surface area contributed by atoms with E-state index >= 15 is 0 Å². The summed E-state index contributed by atoms with van der Waals surface area (Å²) >= 11 is 0. The van der Waals surface area contributed by atoms with Gasteiger partial charge in [0.05, 0.1) is 17.6 Å². The van der Waals surface area contributed by atoms with E-state index < -0.39 is 0 Å². The van der Waals surface area contributed by atoms with Gasteiger partial charge in [-0.05, 0) is 31.4 Å². The molecule has 3 heterocycles. The molecule has 0 fully saturated rings. The Morgan fingerprint density at radius 3 is 2.75 bits per heavy atom. The van der Waals surface area contributed by atoms with Crippen LogP contribution in [0.3, 0.4) is 0 Å². The van der Waals surface area contributed by atoms with Crippen LogP contribution >= 0.6 is 0 Å². The number of fused-ring (bicyclic) bond motifs is 1. The van der Waals surface area contributed by atoms with Crippen molar-refractivity contribution in [3.63, 3.8) is 0 Å². The highest BCUT2D eigenvalue weighted by Crippen LogP contribution is 2.22. The molecule has 142 valence electrons. The molecule has 28 heavy (non-hydrogen) atoms. The lowest BCUT2D eigenvalue weighted by Gasteiger charge is -2.10. The van der Waals surface area contributed by atoms with E-state index in [4.69, 9.17) is 0 Å². The molecule has 0 saturated heterocycles. The first-order valence-corrected chi connectivity index (χ1v) is 9.07. The van der Waals surface area contributed by atoms with Gasteiger partial charge in [-0.1, -0.05) is 30.3 Å². The molecule has 4 aromatic rings. The fraction of sp³-hybridized carbons (Fsp3) is 0.250. The van der Waals surface area contributed by atoms with E-state index in [1.54, 1.807) is 17.0 Å². The van der Waals surface area contributed by atoms with Crippen LogP contribution in [0, 0.1) is 13.8 Å². The van der Waals surface area contributed by atoms with Crippen molar-refractivity contribution in [3.8, 4) is 11.3 Å². The van der Waals surface area contributed by atoms with E-state index in [1.807, 2.05) is 55.8 Å².